The van der Waals surface area contributed by atoms with E-state index in [1.165, 1.54) is 4.90 Å². The summed E-state index contributed by atoms with van der Waals surface area (Å²) in [5, 5.41) is 11.3. The predicted octanol–water partition coefficient (Wildman–Crippen LogP) is -0.243. The van der Waals surface area contributed by atoms with Gasteiger partial charge >= 0.3 is 12.0 Å². The molecule has 0 aromatic carbocycles. The van der Waals surface area contributed by atoms with E-state index in [0.29, 0.717) is 0 Å². The molecule has 18 heavy (non-hydrogen) atoms. The molecule has 1 rings (SSSR count). The third-order valence-corrected chi connectivity index (χ3v) is 2.90. The van der Waals surface area contributed by atoms with Crippen LogP contribution in [0.15, 0.2) is 0 Å². The van der Waals surface area contributed by atoms with E-state index in [0.717, 1.165) is 12.8 Å². The summed E-state index contributed by atoms with van der Waals surface area (Å²) in [7, 11) is 0. The molecule has 0 unspecified atom stereocenters. The molecule has 0 aromatic rings. The van der Waals surface area contributed by atoms with Crippen molar-refractivity contribution in [3.63, 3.8) is 0 Å². The number of carboxylic acids is 1. The smallest absolute Gasteiger partial charge is 0.323 e. The zero-order valence-corrected chi connectivity index (χ0v) is 10.6. The molecule has 3 amide bonds. The number of urea groups is 1. The van der Waals surface area contributed by atoms with E-state index in [1.54, 1.807) is 13.8 Å². The summed E-state index contributed by atoms with van der Waals surface area (Å²) in [5.41, 5.74) is 4.33. The Morgan fingerprint density at radius 3 is 2.33 bits per heavy atom. The molecule has 1 aliphatic rings. The molecule has 0 aliphatic heterocycles. The summed E-state index contributed by atoms with van der Waals surface area (Å²) in [5.74, 6) is -1.56. The van der Waals surface area contributed by atoms with Crippen LogP contribution in [0.3, 0.4) is 0 Å². The molecule has 0 atom stereocenters. The molecule has 1 saturated carbocycles. The van der Waals surface area contributed by atoms with Crippen molar-refractivity contribution in [2.24, 2.45) is 11.1 Å². The van der Waals surface area contributed by atoms with Gasteiger partial charge in [-0.3, -0.25) is 9.59 Å². The van der Waals surface area contributed by atoms with Crippen LogP contribution in [0.4, 0.5) is 4.79 Å². The van der Waals surface area contributed by atoms with Crippen LogP contribution in [0.5, 0.6) is 0 Å². The number of carbonyl (C=O) groups is 3. The average Bonchev–Trinajstić information content (AvgIpc) is 3.06. The van der Waals surface area contributed by atoms with Gasteiger partial charge in [-0.2, -0.15) is 0 Å². The summed E-state index contributed by atoms with van der Waals surface area (Å²) >= 11 is 0. The van der Waals surface area contributed by atoms with Gasteiger partial charge in [0.05, 0.1) is 5.41 Å². The second kappa shape index (κ2) is 5.24. The number of rotatable bonds is 6. The fourth-order valence-corrected chi connectivity index (χ4v) is 1.38. The zero-order chi connectivity index (χ0) is 13.9. The van der Waals surface area contributed by atoms with Gasteiger partial charge in [0.1, 0.15) is 6.54 Å². The lowest BCUT2D eigenvalue weighted by Gasteiger charge is -2.25. The van der Waals surface area contributed by atoms with Crippen LogP contribution in [-0.2, 0) is 9.59 Å². The highest BCUT2D eigenvalue weighted by Crippen LogP contribution is 2.26. The standard InChI is InChI=1S/C11H19N3O4/c1-11(2,9(12)17)6-13-10(18)14(5-8(15)16)7-3-4-7/h7H,3-6H2,1-2H3,(H2,12,17)(H,13,18)(H,15,16). The van der Waals surface area contributed by atoms with Gasteiger partial charge in [-0.25, -0.2) is 4.79 Å². The van der Waals surface area contributed by atoms with Crippen molar-refractivity contribution in [3.05, 3.63) is 0 Å². The summed E-state index contributed by atoms with van der Waals surface area (Å²) in [6.45, 7) is 3.00. The van der Waals surface area contributed by atoms with Crippen molar-refractivity contribution < 1.29 is 19.5 Å². The van der Waals surface area contributed by atoms with Crippen LogP contribution in [0.2, 0.25) is 0 Å². The van der Waals surface area contributed by atoms with Gasteiger partial charge in [0.25, 0.3) is 0 Å². The van der Waals surface area contributed by atoms with Crippen LogP contribution in [0.25, 0.3) is 0 Å². The topological polar surface area (TPSA) is 113 Å². The minimum absolute atomic E-state index is 0.00205. The van der Waals surface area contributed by atoms with Crippen molar-refractivity contribution in [3.8, 4) is 0 Å². The van der Waals surface area contributed by atoms with Crippen molar-refractivity contribution in [1.82, 2.24) is 10.2 Å². The van der Waals surface area contributed by atoms with Crippen LogP contribution in [-0.4, -0.2) is 47.0 Å². The van der Waals surface area contributed by atoms with Gasteiger partial charge in [-0.15, -0.1) is 0 Å². The maximum atomic E-state index is 11.8. The number of nitrogens with one attached hydrogen (secondary N) is 1. The molecule has 0 saturated heterocycles. The Bertz CT molecular complexity index is 363. The molecule has 7 heteroatoms. The number of hydrogen-bond donors (Lipinski definition) is 3. The van der Waals surface area contributed by atoms with E-state index in [4.69, 9.17) is 10.8 Å². The van der Waals surface area contributed by atoms with E-state index in [2.05, 4.69) is 5.32 Å². The highest BCUT2D eigenvalue weighted by molar-refractivity contribution is 5.83. The first-order chi connectivity index (χ1) is 8.24. The fraction of sp³-hybridized carbons (Fsp3) is 0.727. The molecule has 102 valence electrons. The normalized spacial score (nSPS) is 15.0. The monoisotopic (exact) mass is 257 g/mol. The fourth-order valence-electron chi connectivity index (χ4n) is 1.38. The van der Waals surface area contributed by atoms with Gasteiger partial charge in [-0.05, 0) is 26.7 Å². The third-order valence-electron chi connectivity index (χ3n) is 2.90. The molecule has 1 aliphatic carbocycles. The highest BCUT2D eigenvalue weighted by Gasteiger charge is 2.35. The van der Waals surface area contributed by atoms with Crippen molar-refractivity contribution in [2.45, 2.75) is 32.7 Å². The molecule has 0 radical (unpaired) electrons. The first kappa shape index (κ1) is 14.3. The molecular formula is C11H19N3O4. The molecular weight excluding hydrogens is 238 g/mol. The van der Waals surface area contributed by atoms with E-state index in [1.807, 2.05) is 0 Å². The van der Waals surface area contributed by atoms with Gasteiger partial charge in [0, 0.05) is 12.6 Å². The lowest BCUT2D eigenvalue weighted by Crippen LogP contribution is -2.49. The van der Waals surface area contributed by atoms with Crippen LogP contribution in [0.1, 0.15) is 26.7 Å². The van der Waals surface area contributed by atoms with Gasteiger partial charge < -0.3 is 21.1 Å². The number of primary amides is 1. The van der Waals surface area contributed by atoms with Crippen LogP contribution >= 0.6 is 0 Å². The minimum Gasteiger partial charge on any atom is -0.480 e. The Kier molecular flexibility index (Phi) is 4.15. The summed E-state index contributed by atoms with van der Waals surface area (Å²) in [6.07, 6.45) is 1.64. The molecule has 0 heterocycles. The largest absolute Gasteiger partial charge is 0.480 e. The first-order valence-corrected chi connectivity index (χ1v) is 5.80. The van der Waals surface area contributed by atoms with E-state index in [-0.39, 0.29) is 19.1 Å². The van der Waals surface area contributed by atoms with Gasteiger partial charge in [-0.1, -0.05) is 0 Å². The zero-order valence-electron chi connectivity index (χ0n) is 10.6. The summed E-state index contributed by atoms with van der Waals surface area (Å²) in [6, 6.07) is -0.466. The van der Waals surface area contributed by atoms with Crippen LogP contribution < -0.4 is 11.1 Å². The van der Waals surface area contributed by atoms with Crippen molar-refractivity contribution in [2.75, 3.05) is 13.1 Å². The quantitative estimate of drug-likeness (QED) is 0.609. The Labute approximate surface area is 105 Å². The van der Waals surface area contributed by atoms with Crippen molar-refractivity contribution in [1.29, 1.82) is 0 Å². The molecule has 1 fully saturated rings. The number of aliphatic carboxylic acids is 1. The van der Waals surface area contributed by atoms with Crippen molar-refractivity contribution >= 4 is 17.9 Å². The molecule has 4 N–H and O–H groups in total. The number of carbonyl (C=O) groups excluding carboxylic acids is 2. The van der Waals surface area contributed by atoms with E-state index < -0.39 is 23.3 Å². The molecule has 0 aromatic heterocycles. The lowest BCUT2D eigenvalue weighted by atomic mass is 9.93. The second-order valence-corrected chi connectivity index (χ2v) is 5.16. The lowest BCUT2D eigenvalue weighted by molar-refractivity contribution is -0.137. The number of nitrogens with zero attached hydrogens (tertiary/aromatic N) is 1. The predicted molar refractivity (Wildman–Crippen MR) is 63.7 cm³/mol. The first-order valence-electron chi connectivity index (χ1n) is 5.80. The number of hydrogen-bond acceptors (Lipinski definition) is 3. The third kappa shape index (κ3) is 3.90. The van der Waals surface area contributed by atoms with E-state index in [9.17, 15) is 14.4 Å². The highest BCUT2D eigenvalue weighted by atomic mass is 16.4. The Hall–Kier alpha value is -1.79. The van der Waals surface area contributed by atoms with Gasteiger partial charge in [0.2, 0.25) is 5.91 Å². The SMILES string of the molecule is CC(C)(CNC(=O)N(CC(=O)O)C1CC1)C(N)=O. The van der Waals surface area contributed by atoms with E-state index >= 15 is 0 Å². The number of carboxylic acid groups (broad SMARTS) is 1. The second-order valence-electron chi connectivity index (χ2n) is 5.16. The number of amides is 3. The Balaban J connectivity index is 2.52. The minimum atomic E-state index is -1.05. The Morgan fingerprint density at radius 1 is 1.39 bits per heavy atom. The maximum absolute atomic E-state index is 11.8. The maximum Gasteiger partial charge on any atom is 0.323 e. The molecule has 0 spiro atoms. The molecule has 7 nitrogen and oxygen atoms in total. The summed E-state index contributed by atoms with van der Waals surface area (Å²) < 4.78 is 0. The summed E-state index contributed by atoms with van der Waals surface area (Å²) in [4.78, 5) is 34.9. The van der Waals surface area contributed by atoms with Gasteiger partial charge in [0.15, 0.2) is 0 Å². The van der Waals surface area contributed by atoms with Crippen LogP contribution in [0, 0.1) is 5.41 Å². The molecule has 0 bridgehead atoms. The average molecular weight is 257 g/mol. The Morgan fingerprint density at radius 2 is 1.94 bits per heavy atom. The number of nitrogens with two attached hydrogens (primary N) is 1.